The smallest absolute Gasteiger partial charge is 0.264 e. The fourth-order valence-corrected chi connectivity index (χ4v) is 3.92. The Balaban J connectivity index is 2.60. The summed E-state index contributed by atoms with van der Waals surface area (Å²) in [6.07, 6.45) is 0. The molecular weight excluding hydrogens is 334 g/mol. The Labute approximate surface area is 141 Å². The number of sulfonamides is 1. The normalized spacial score (nSPS) is 11.3. The zero-order valence-electron chi connectivity index (χ0n) is 13.2. The summed E-state index contributed by atoms with van der Waals surface area (Å²) in [5, 5.41) is -0.735. The third kappa shape index (κ3) is 3.74. The number of carbonyl (C=O) groups is 1. The van der Waals surface area contributed by atoms with Crippen molar-refractivity contribution in [2.75, 3.05) is 10.8 Å². The van der Waals surface area contributed by atoms with Gasteiger partial charge >= 0.3 is 0 Å². The van der Waals surface area contributed by atoms with E-state index >= 15 is 0 Å². The van der Waals surface area contributed by atoms with Gasteiger partial charge in [-0.2, -0.15) is 0 Å². The summed E-state index contributed by atoms with van der Waals surface area (Å²) in [5.41, 5.74) is 3.14. The van der Waals surface area contributed by atoms with E-state index in [4.69, 9.17) is 11.6 Å². The molecule has 0 unspecified atom stereocenters. The van der Waals surface area contributed by atoms with Crippen LogP contribution in [0, 0.1) is 20.8 Å². The van der Waals surface area contributed by atoms with E-state index in [-0.39, 0.29) is 4.90 Å². The van der Waals surface area contributed by atoms with Crippen molar-refractivity contribution < 1.29 is 13.2 Å². The van der Waals surface area contributed by atoms with Crippen molar-refractivity contribution >= 4 is 32.6 Å². The molecule has 0 aliphatic carbocycles. The number of benzene rings is 2. The first-order chi connectivity index (χ1) is 10.7. The van der Waals surface area contributed by atoms with Crippen LogP contribution in [0.15, 0.2) is 47.4 Å². The molecule has 6 heteroatoms. The Hall–Kier alpha value is -1.85. The van der Waals surface area contributed by atoms with Gasteiger partial charge in [0, 0.05) is 0 Å². The Kier molecular flexibility index (Phi) is 5.12. The van der Waals surface area contributed by atoms with Crippen molar-refractivity contribution in [3.05, 3.63) is 59.2 Å². The Morgan fingerprint density at radius 2 is 1.65 bits per heavy atom. The van der Waals surface area contributed by atoms with Gasteiger partial charge < -0.3 is 0 Å². The number of carbonyl (C=O) groups excluding carboxylic acids is 1. The molecule has 0 radical (unpaired) electrons. The highest BCUT2D eigenvalue weighted by Crippen LogP contribution is 2.28. The maximum absolute atomic E-state index is 13.0. The van der Waals surface area contributed by atoms with Gasteiger partial charge in [0.2, 0.25) is 5.24 Å². The number of hydrogen-bond acceptors (Lipinski definition) is 3. The van der Waals surface area contributed by atoms with Crippen molar-refractivity contribution in [3.63, 3.8) is 0 Å². The minimum atomic E-state index is -3.88. The zero-order chi connectivity index (χ0) is 17.2. The molecule has 0 aliphatic heterocycles. The van der Waals surface area contributed by atoms with Gasteiger partial charge in [-0.05, 0) is 61.7 Å². The molecule has 0 fully saturated rings. The lowest BCUT2D eigenvalue weighted by atomic mass is 10.1. The molecule has 0 aliphatic rings. The summed E-state index contributed by atoms with van der Waals surface area (Å²) in [5.74, 6) is 0. The Morgan fingerprint density at radius 3 is 2.22 bits per heavy atom. The van der Waals surface area contributed by atoms with Crippen LogP contribution in [0.4, 0.5) is 5.69 Å². The van der Waals surface area contributed by atoms with Crippen molar-refractivity contribution in [2.24, 2.45) is 0 Å². The number of nitrogens with zero attached hydrogens (tertiary/aromatic N) is 1. The average Bonchev–Trinajstić information content (AvgIpc) is 2.48. The highest BCUT2D eigenvalue weighted by molar-refractivity contribution is 7.92. The van der Waals surface area contributed by atoms with E-state index in [1.54, 1.807) is 24.3 Å². The van der Waals surface area contributed by atoms with Crippen LogP contribution in [0.2, 0.25) is 0 Å². The first-order valence-electron chi connectivity index (χ1n) is 7.07. The van der Waals surface area contributed by atoms with Crippen LogP contribution in [0.1, 0.15) is 16.7 Å². The molecule has 0 aromatic heterocycles. The number of rotatable bonds is 5. The van der Waals surface area contributed by atoms with Gasteiger partial charge in [0.1, 0.15) is 6.54 Å². The molecule has 0 saturated heterocycles. The highest BCUT2D eigenvalue weighted by Gasteiger charge is 2.27. The first-order valence-corrected chi connectivity index (χ1v) is 8.89. The number of hydrogen-bond donors (Lipinski definition) is 0. The minimum absolute atomic E-state index is 0.127. The van der Waals surface area contributed by atoms with Gasteiger partial charge in [-0.15, -0.1) is 0 Å². The standard InChI is InChI=1S/C17H18ClNO3S/c1-12-7-9-15(10-8-12)23(21,22)19(11-17(18)20)16-6-4-5-13(2)14(16)3/h4-10H,11H2,1-3H3. The molecule has 23 heavy (non-hydrogen) atoms. The fraction of sp³-hybridized carbons (Fsp3) is 0.235. The summed E-state index contributed by atoms with van der Waals surface area (Å²) < 4.78 is 27.0. The molecule has 0 atom stereocenters. The summed E-state index contributed by atoms with van der Waals surface area (Å²) in [4.78, 5) is 11.5. The number of aryl methyl sites for hydroxylation is 2. The van der Waals surface area contributed by atoms with E-state index in [2.05, 4.69) is 0 Å². The summed E-state index contributed by atoms with van der Waals surface area (Å²) in [6, 6.07) is 11.8. The number of halogens is 1. The van der Waals surface area contributed by atoms with E-state index in [0.29, 0.717) is 5.69 Å². The van der Waals surface area contributed by atoms with Crippen LogP contribution in [-0.4, -0.2) is 20.2 Å². The van der Waals surface area contributed by atoms with Crippen molar-refractivity contribution in [1.82, 2.24) is 0 Å². The maximum Gasteiger partial charge on any atom is 0.264 e. The van der Waals surface area contributed by atoms with Gasteiger partial charge in [0.05, 0.1) is 10.6 Å². The van der Waals surface area contributed by atoms with Crippen LogP contribution in [0.3, 0.4) is 0 Å². The molecule has 2 aromatic carbocycles. The van der Waals surface area contributed by atoms with E-state index in [1.807, 2.05) is 26.8 Å². The van der Waals surface area contributed by atoms with E-state index < -0.39 is 21.8 Å². The lowest BCUT2D eigenvalue weighted by Gasteiger charge is -2.25. The SMILES string of the molecule is Cc1ccc(S(=O)(=O)N(CC(=O)Cl)c2cccc(C)c2C)cc1. The van der Waals surface area contributed by atoms with Gasteiger partial charge in [0.25, 0.3) is 10.0 Å². The largest absolute Gasteiger partial charge is 0.279 e. The topological polar surface area (TPSA) is 54.5 Å². The van der Waals surface area contributed by atoms with E-state index in [0.717, 1.165) is 21.0 Å². The highest BCUT2D eigenvalue weighted by atomic mass is 35.5. The third-order valence-corrected chi connectivity index (χ3v) is 5.62. The van der Waals surface area contributed by atoms with E-state index in [9.17, 15) is 13.2 Å². The predicted octanol–water partition coefficient (Wildman–Crippen LogP) is 3.57. The molecule has 0 N–H and O–H groups in total. The second-order valence-corrected chi connectivity index (χ2v) is 7.68. The lowest BCUT2D eigenvalue weighted by Crippen LogP contribution is -2.35. The second kappa shape index (κ2) is 6.72. The summed E-state index contributed by atoms with van der Waals surface area (Å²) in [6.45, 7) is 5.17. The molecular formula is C17H18ClNO3S. The van der Waals surface area contributed by atoms with Gasteiger partial charge in [-0.1, -0.05) is 29.8 Å². The van der Waals surface area contributed by atoms with Crippen LogP contribution in [0.5, 0.6) is 0 Å². The van der Waals surface area contributed by atoms with Crippen LogP contribution >= 0.6 is 11.6 Å². The molecule has 0 spiro atoms. The summed E-state index contributed by atoms with van der Waals surface area (Å²) in [7, 11) is -3.88. The lowest BCUT2D eigenvalue weighted by molar-refractivity contribution is -0.110. The van der Waals surface area contributed by atoms with Gasteiger partial charge in [0.15, 0.2) is 0 Å². The molecule has 2 rings (SSSR count). The molecule has 4 nitrogen and oxygen atoms in total. The first kappa shape index (κ1) is 17.5. The second-order valence-electron chi connectivity index (χ2n) is 5.40. The van der Waals surface area contributed by atoms with Crippen LogP contribution in [0.25, 0.3) is 0 Å². The van der Waals surface area contributed by atoms with Crippen molar-refractivity contribution in [2.45, 2.75) is 25.7 Å². The Morgan fingerprint density at radius 1 is 1.04 bits per heavy atom. The predicted molar refractivity (Wildman–Crippen MR) is 92.5 cm³/mol. The van der Waals surface area contributed by atoms with Crippen LogP contribution < -0.4 is 4.31 Å². The molecule has 122 valence electrons. The summed E-state index contributed by atoms with van der Waals surface area (Å²) >= 11 is 5.49. The molecule has 0 bridgehead atoms. The van der Waals surface area contributed by atoms with Gasteiger partial charge in [-0.3, -0.25) is 9.10 Å². The maximum atomic E-state index is 13.0. The average molecular weight is 352 g/mol. The molecule has 0 amide bonds. The Bertz CT molecular complexity index is 829. The van der Waals surface area contributed by atoms with Crippen molar-refractivity contribution in [1.29, 1.82) is 0 Å². The van der Waals surface area contributed by atoms with Crippen molar-refractivity contribution in [3.8, 4) is 0 Å². The zero-order valence-corrected chi connectivity index (χ0v) is 14.8. The number of anilines is 1. The fourth-order valence-electron chi connectivity index (χ4n) is 2.26. The quantitative estimate of drug-likeness (QED) is 0.774. The third-order valence-electron chi connectivity index (χ3n) is 3.72. The monoisotopic (exact) mass is 351 g/mol. The van der Waals surface area contributed by atoms with E-state index in [1.165, 1.54) is 12.1 Å². The molecule has 0 saturated carbocycles. The van der Waals surface area contributed by atoms with Gasteiger partial charge in [-0.25, -0.2) is 8.42 Å². The molecule has 0 heterocycles. The van der Waals surface area contributed by atoms with Crippen LogP contribution in [-0.2, 0) is 14.8 Å². The molecule has 2 aromatic rings. The minimum Gasteiger partial charge on any atom is -0.279 e.